The Morgan fingerprint density at radius 2 is 1.68 bits per heavy atom. The summed E-state index contributed by atoms with van der Waals surface area (Å²) in [6.45, 7) is 4.06. The molecule has 0 saturated carbocycles. The van der Waals surface area contributed by atoms with E-state index >= 15 is 0 Å². The molecule has 0 aliphatic carbocycles. The molecule has 0 aromatic carbocycles. The first-order chi connectivity index (χ1) is 18.2. The minimum Gasteiger partial charge on any atom is -0.481 e. The number of nitrogens with zero attached hydrogens (tertiary/aromatic N) is 8. The minimum absolute atomic E-state index is 0.497. The molecule has 186 valence electrons. The zero-order chi connectivity index (χ0) is 25.2. The molecule has 0 unspecified atom stereocenters. The molecule has 6 rings (SSSR count). The van der Waals surface area contributed by atoms with Gasteiger partial charge in [-0.2, -0.15) is 0 Å². The van der Waals surface area contributed by atoms with Gasteiger partial charge in [-0.3, -0.25) is 4.40 Å². The number of aromatic nitrogens is 6. The largest absolute Gasteiger partial charge is 0.481 e. The highest BCUT2D eigenvalue weighted by Crippen LogP contribution is 2.26. The van der Waals surface area contributed by atoms with Gasteiger partial charge in [-0.05, 0) is 43.4 Å². The van der Waals surface area contributed by atoms with Crippen LogP contribution < -0.4 is 15.0 Å². The molecule has 37 heavy (non-hydrogen) atoms. The molecule has 6 heterocycles. The van der Waals surface area contributed by atoms with E-state index in [1.165, 1.54) is 0 Å². The molecule has 0 amide bonds. The van der Waals surface area contributed by atoms with Crippen LogP contribution in [-0.2, 0) is 0 Å². The summed E-state index contributed by atoms with van der Waals surface area (Å²) in [6, 6.07) is 13.8. The molecule has 0 radical (unpaired) electrons. The van der Waals surface area contributed by atoms with E-state index in [0.717, 1.165) is 65.8 Å². The first-order valence-corrected chi connectivity index (χ1v) is 12.1. The molecular weight excluding hydrogens is 466 g/mol. The number of nitrogens with one attached hydrogen (secondary N) is 1. The van der Waals surface area contributed by atoms with Gasteiger partial charge in [0.25, 0.3) is 0 Å². The van der Waals surface area contributed by atoms with Crippen molar-refractivity contribution in [2.75, 3.05) is 50.6 Å². The van der Waals surface area contributed by atoms with Crippen LogP contribution in [0.15, 0.2) is 73.4 Å². The normalized spacial score (nSPS) is 14.2. The maximum atomic E-state index is 5.18. The maximum Gasteiger partial charge on any atom is 0.227 e. The average molecular weight is 494 g/mol. The number of anilines is 3. The van der Waals surface area contributed by atoms with Crippen LogP contribution in [0.2, 0.25) is 0 Å². The lowest BCUT2D eigenvalue weighted by Crippen LogP contribution is -2.44. The second kappa shape index (κ2) is 9.82. The highest BCUT2D eigenvalue weighted by Gasteiger charge is 2.15. The van der Waals surface area contributed by atoms with Gasteiger partial charge in [0.1, 0.15) is 11.5 Å². The highest BCUT2D eigenvalue weighted by atomic mass is 16.5. The highest BCUT2D eigenvalue weighted by molar-refractivity contribution is 5.68. The van der Waals surface area contributed by atoms with Crippen molar-refractivity contribution in [2.24, 2.45) is 0 Å². The molecule has 0 spiro atoms. The fourth-order valence-electron chi connectivity index (χ4n) is 4.39. The summed E-state index contributed by atoms with van der Waals surface area (Å²) < 4.78 is 7.20. The molecule has 1 fully saturated rings. The van der Waals surface area contributed by atoms with E-state index in [9.17, 15) is 0 Å². The van der Waals surface area contributed by atoms with Crippen molar-refractivity contribution in [3.63, 3.8) is 0 Å². The smallest absolute Gasteiger partial charge is 0.227 e. The van der Waals surface area contributed by atoms with Crippen LogP contribution in [0.3, 0.4) is 0 Å². The van der Waals surface area contributed by atoms with Gasteiger partial charge in [0.05, 0.1) is 36.6 Å². The van der Waals surface area contributed by atoms with Crippen LogP contribution in [0.25, 0.3) is 28.2 Å². The Bertz CT molecular complexity index is 1510. The van der Waals surface area contributed by atoms with Crippen molar-refractivity contribution < 1.29 is 4.74 Å². The third-order valence-corrected chi connectivity index (χ3v) is 6.53. The van der Waals surface area contributed by atoms with Gasteiger partial charge in [-0.15, -0.1) is 0 Å². The quantitative estimate of drug-likeness (QED) is 0.379. The fourth-order valence-corrected chi connectivity index (χ4v) is 4.39. The van der Waals surface area contributed by atoms with E-state index in [-0.39, 0.29) is 0 Å². The minimum atomic E-state index is 0.497. The van der Waals surface area contributed by atoms with Gasteiger partial charge in [0.2, 0.25) is 11.8 Å². The van der Waals surface area contributed by atoms with Gasteiger partial charge in [0.15, 0.2) is 0 Å². The molecule has 1 aliphatic heterocycles. The van der Waals surface area contributed by atoms with Gasteiger partial charge in [-0.1, -0.05) is 0 Å². The van der Waals surface area contributed by atoms with E-state index in [1.54, 1.807) is 19.5 Å². The molecular formula is C27H27N9O. The number of rotatable bonds is 6. The molecule has 5 aromatic heterocycles. The third kappa shape index (κ3) is 4.78. The SMILES string of the molecule is COc1ccc(-c2ccc3ncc(-c4ccnc(Nc5ccc(N6CCN(C)CC6)nc5)n4)n3c2)cn1. The second-order valence-electron chi connectivity index (χ2n) is 8.96. The summed E-state index contributed by atoms with van der Waals surface area (Å²) >= 11 is 0. The van der Waals surface area contributed by atoms with Crippen LogP contribution in [0.5, 0.6) is 5.88 Å². The number of methoxy groups -OCH3 is 1. The fraction of sp³-hybridized carbons (Fsp3) is 0.222. The average Bonchev–Trinajstić information content (AvgIpc) is 3.38. The van der Waals surface area contributed by atoms with Crippen molar-refractivity contribution in [3.8, 4) is 28.4 Å². The summed E-state index contributed by atoms with van der Waals surface area (Å²) in [5.41, 5.74) is 5.30. The van der Waals surface area contributed by atoms with Crippen molar-refractivity contribution in [3.05, 3.63) is 73.4 Å². The number of fused-ring (bicyclic) bond motifs is 1. The van der Waals surface area contributed by atoms with E-state index in [4.69, 9.17) is 9.72 Å². The first kappa shape index (κ1) is 22.9. The standard InChI is InChI=1S/C27H27N9O/c1-34-11-13-35(14-12-34)24-7-5-21(16-29-24)32-27-28-10-9-22(33-27)23-17-30-25-6-3-20(18-36(23)25)19-4-8-26(37-2)31-15-19/h3-10,15-18H,11-14H2,1-2H3,(H,28,32,33). The maximum absolute atomic E-state index is 5.18. The molecule has 0 atom stereocenters. The van der Waals surface area contributed by atoms with E-state index in [2.05, 4.69) is 42.1 Å². The third-order valence-electron chi connectivity index (χ3n) is 6.53. The van der Waals surface area contributed by atoms with Gasteiger partial charge >= 0.3 is 0 Å². The molecule has 1 saturated heterocycles. The zero-order valence-electron chi connectivity index (χ0n) is 20.7. The Balaban J connectivity index is 1.23. The molecule has 0 bridgehead atoms. The Morgan fingerprint density at radius 1 is 0.811 bits per heavy atom. The Morgan fingerprint density at radius 3 is 2.43 bits per heavy atom. The number of hydrogen-bond acceptors (Lipinski definition) is 9. The lowest BCUT2D eigenvalue weighted by atomic mass is 10.1. The van der Waals surface area contributed by atoms with Gasteiger partial charge in [0, 0.05) is 62.0 Å². The summed E-state index contributed by atoms with van der Waals surface area (Å²) in [7, 11) is 3.76. The lowest BCUT2D eigenvalue weighted by Gasteiger charge is -2.33. The predicted molar refractivity (Wildman–Crippen MR) is 143 cm³/mol. The summed E-state index contributed by atoms with van der Waals surface area (Å²) in [4.78, 5) is 27.3. The number of imidazole rings is 1. The Hall–Kier alpha value is -4.57. The molecule has 10 nitrogen and oxygen atoms in total. The van der Waals surface area contributed by atoms with Gasteiger partial charge < -0.3 is 19.9 Å². The number of ether oxygens (including phenoxy) is 1. The number of piperazine rings is 1. The zero-order valence-corrected chi connectivity index (χ0v) is 20.7. The van der Waals surface area contributed by atoms with Crippen LogP contribution in [-0.4, -0.2) is 74.6 Å². The number of likely N-dealkylation sites (N-methyl/N-ethyl adjacent to an activating group) is 1. The second-order valence-corrected chi connectivity index (χ2v) is 8.96. The Kier molecular flexibility index (Phi) is 6.07. The topological polar surface area (TPSA) is 96.6 Å². The van der Waals surface area contributed by atoms with Crippen molar-refractivity contribution >= 4 is 23.1 Å². The monoisotopic (exact) mass is 493 g/mol. The van der Waals surface area contributed by atoms with Crippen LogP contribution in [0, 0.1) is 0 Å². The molecule has 10 heteroatoms. The Labute approximate surface area is 214 Å². The summed E-state index contributed by atoms with van der Waals surface area (Å²) in [5, 5.41) is 3.28. The molecule has 1 aliphatic rings. The van der Waals surface area contributed by atoms with Crippen molar-refractivity contribution in [1.82, 2.24) is 34.2 Å². The van der Waals surface area contributed by atoms with E-state index in [0.29, 0.717) is 11.8 Å². The lowest BCUT2D eigenvalue weighted by molar-refractivity contribution is 0.312. The van der Waals surface area contributed by atoms with Crippen LogP contribution in [0.1, 0.15) is 0 Å². The number of pyridine rings is 3. The summed E-state index contributed by atoms with van der Waals surface area (Å²) in [5.74, 6) is 2.07. The summed E-state index contributed by atoms with van der Waals surface area (Å²) in [6.07, 6.45) is 9.23. The number of hydrogen-bond donors (Lipinski definition) is 1. The van der Waals surface area contributed by atoms with Crippen LogP contribution in [0.4, 0.5) is 17.5 Å². The van der Waals surface area contributed by atoms with Crippen LogP contribution >= 0.6 is 0 Å². The van der Waals surface area contributed by atoms with Crippen molar-refractivity contribution in [2.45, 2.75) is 0 Å². The van der Waals surface area contributed by atoms with E-state index < -0.39 is 0 Å². The van der Waals surface area contributed by atoms with E-state index in [1.807, 2.05) is 65.5 Å². The predicted octanol–water partition coefficient (Wildman–Crippen LogP) is 3.75. The van der Waals surface area contributed by atoms with Crippen molar-refractivity contribution in [1.29, 1.82) is 0 Å². The molecule has 5 aromatic rings. The van der Waals surface area contributed by atoms with Gasteiger partial charge in [-0.25, -0.2) is 24.9 Å². The first-order valence-electron chi connectivity index (χ1n) is 12.1. The molecule has 1 N–H and O–H groups in total.